The molecule has 1 aromatic heterocycles. The van der Waals surface area contributed by atoms with Crippen molar-refractivity contribution in [3.8, 4) is 0 Å². The zero-order valence-electron chi connectivity index (χ0n) is 16.2. The average Bonchev–Trinajstić information content (AvgIpc) is 3.21. The zero-order valence-corrected chi connectivity index (χ0v) is 17.0. The predicted octanol–water partition coefficient (Wildman–Crippen LogP) is 5.34. The number of aromatic nitrogens is 1. The molecule has 1 aromatic rings. The fraction of sp³-hybridized carbons (Fsp3) is 0.762. The van der Waals surface area contributed by atoms with Crippen LogP contribution in [-0.4, -0.2) is 16.7 Å². The van der Waals surface area contributed by atoms with Gasteiger partial charge in [0.25, 0.3) is 0 Å². The van der Waals surface area contributed by atoms with Crippen LogP contribution < -0.4 is 0 Å². The summed E-state index contributed by atoms with van der Waals surface area (Å²) in [5.74, 6) is 1.80. The van der Waals surface area contributed by atoms with Crippen LogP contribution in [-0.2, 0) is 14.3 Å². The Bertz CT molecular complexity index is 629. The largest absolute Gasteiger partial charge is 0.455 e. The standard InChI is InChI=1S/C21H31NO3S/c1-14(16-9-10-17-18(24)7-5-11-21(16,17)3)6-4-8-19(25-15(2)23)20-22-12-13-26-20/h12-14,16-17,19H,4-11H2,1-3H3/t14?,16-,17+,19?,21-/m1/s1. The number of carbonyl (C=O) groups is 2. The molecule has 5 atom stereocenters. The van der Waals surface area contributed by atoms with Gasteiger partial charge < -0.3 is 4.74 Å². The van der Waals surface area contributed by atoms with Crippen molar-refractivity contribution in [3.05, 3.63) is 16.6 Å². The summed E-state index contributed by atoms with van der Waals surface area (Å²) in [5, 5.41) is 2.81. The molecular weight excluding hydrogens is 346 g/mol. The van der Waals surface area contributed by atoms with Crippen LogP contribution in [0.15, 0.2) is 11.6 Å². The van der Waals surface area contributed by atoms with Gasteiger partial charge in [-0.2, -0.15) is 0 Å². The van der Waals surface area contributed by atoms with E-state index in [0.717, 1.165) is 43.5 Å². The minimum Gasteiger partial charge on any atom is -0.455 e. The van der Waals surface area contributed by atoms with Gasteiger partial charge in [-0.3, -0.25) is 9.59 Å². The third kappa shape index (κ3) is 4.03. The van der Waals surface area contributed by atoms with E-state index >= 15 is 0 Å². The Kier molecular flexibility index (Phi) is 6.16. The maximum Gasteiger partial charge on any atom is 0.303 e. The summed E-state index contributed by atoms with van der Waals surface area (Å²) in [7, 11) is 0. The molecule has 0 aliphatic heterocycles. The molecule has 4 nitrogen and oxygen atoms in total. The molecule has 2 aliphatic carbocycles. The fourth-order valence-electron chi connectivity index (χ4n) is 5.56. The summed E-state index contributed by atoms with van der Waals surface area (Å²) in [4.78, 5) is 28.1. The fourth-order valence-corrected chi connectivity index (χ4v) is 6.26. The van der Waals surface area contributed by atoms with Crippen LogP contribution in [0.25, 0.3) is 0 Å². The van der Waals surface area contributed by atoms with Gasteiger partial charge in [-0.1, -0.05) is 20.3 Å². The highest BCUT2D eigenvalue weighted by Gasteiger charge is 2.52. The third-order valence-corrected chi connectivity index (χ3v) is 7.65. The SMILES string of the molecule is CC(=O)OC(CCCC(C)[C@H]1CC[C@H]2C(=O)CCC[C@]12C)c1nccs1. The van der Waals surface area contributed by atoms with E-state index in [1.165, 1.54) is 19.8 Å². The summed E-state index contributed by atoms with van der Waals surface area (Å²) in [6, 6.07) is 0. The predicted molar refractivity (Wildman–Crippen MR) is 103 cm³/mol. The topological polar surface area (TPSA) is 56.3 Å². The summed E-state index contributed by atoms with van der Waals surface area (Å²) in [6.45, 7) is 6.17. The van der Waals surface area contributed by atoms with Crippen molar-refractivity contribution in [1.82, 2.24) is 4.98 Å². The van der Waals surface area contributed by atoms with Crippen molar-refractivity contribution < 1.29 is 14.3 Å². The molecule has 0 amide bonds. The van der Waals surface area contributed by atoms with Crippen molar-refractivity contribution in [2.75, 3.05) is 0 Å². The highest BCUT2D eigenvalue weighted by atomic mass is 32.1. The van der Waals surface area contributed by atoms with E-state index in [1.54, 1.807) is 17.5 Å². The molecule has 0 N–H and O–H groups in total. The number of fused-ring (bicyclic) bond motifs is 1. The van der Waals surface area contributed by atoms with Crippen LogP contribution in [0.5, 0.6) is 0 Å². The molecule has 0 bridgehead atoms. The first-order chi connectivity index (χ1) is 12.4. The lowest BCUT2D eigenvalue weighted by molar-refractivity contribution is -0.147. The van der Waals surface area contributed by atoms with E-state index in [9.17, 15) is 9.59 Å². The van der Waals surface area contributed by atoms with Gasteiger partial charge in [-0.15, -0.1) is 11.3 Å². The monoisotopic (exact) mass is 377 g/mol. The number of hydrogen-bond acceptors (Lipinski definition) is 5. The Morgan fingerprint density at radius 2 is 2.23 bits per heavy atom. The number of Topliss-reactive ketones (excluding diaryl/α,β-unsaturated/α-hetero) is 1. The summed E-state index contributed by atoms with van der Waals surface area (Å²) in [5.41, 5.74) is 0.208. The summed E-state index contributed by atoms with van der Waals surface area (Å²) < 4.78 is 5.49. The highest BCUT2D eigenvalue weighted by molar-refractivity contribution is 7.09. The summed E-state index contributed by atoms with van der Waals surface area (Å²) in [6.07, 6.45) is 9.83. The van der Waals surface area contributed by atoms with Gasteiger partial charge in [0.15, 0.2) is 6.10 Å². The number of thiazole rings is 1. The highest BCUT2D eigenvalue weighted by Crippen LogP contribution is 2.57. The maximum atomic E-state index is 12.3. The Morgan fingerprint density at radius 1 is 1.42 bits per heavy atom. The number of esters is 1. The smallest absolute Gasteiger partial charge is 0.303 e. The van der Waals surface area contributed by atoms with Gasteiger partial charge in [-0.05, 0) is 55.8 Å². The van der Waals surface area contributed by atoms with Crippen LogP contribution in [0.2, 0.25) is 0 Å². The Hall–Kier alpha value is -1.23. The Morgan fingerprint density at radius 3 is 2.92 bits per heavy atom. The lowest BCUT2D eigenvalue weighted by Gasteiger charge is -2.42. The molecular formula is C21H31NO3S. The van der Waals surface area contributed by atoms with Crippen molar-refractivity contribution in [1.29, 1.82) is 0 Å². The average molecular weight is 378 g/mol. The molecule has 0 saturated heterocycles. The summed E-state index contributed by atoms with van der Waals surface area (Å²) >= 11 is 1.55. The Labute approximate surface area is 160 Å². The molecule has 1 heterocycles. The maximum absolute atomic E-state index is 12.3. The van der Waals surface area contributed by atoms with E-state index in [-0.39, 0.29) is 17.5 Å². The zero-order chi connectivity index (χ0) is 18.7. The van der Waals surface area contributed by atoms with Crippen molar-refractivity contribution in [3.63, 3.8) is 0 Å². The van der Waals surface area contributed by atoms with Crippen molar-refractivity contribution >= 4 is 23.1 Å². The van der Waals surface area contributed by atoms with E-state index in [4.69, 9.17) is 4.74 Å². The second-order valence-corrected chi connectivity index (χ2v) is 9.36. The second-order valence-electron chi connectivity index (χ2n) is 8.44. The van der Waals surface area contributed by atoms with Gasteiger partial charge in [0, 0.05) is 30.8 Å². The van der Waals surface area contributed by atoms with Crippen molar-refractivity contribution in [2.45, 2.75) is 78.2 Å². The van der Waals surface area contributed by atoms with Gasteiger partial charge in [0.1, 0.15) is 10.8 Å². The first-order valence-electron chi connectivity index (χ1n) is 10.0. The van der Waals surface area contributed by atoms with E-state index < -0.39 is 0 Å². The number of hydrogen-bond donors (Lipinski definition) is 0. The number of ether oxygens (including phenoxy) is 1. The Balaban J connectivity index is 1.55. The molecule has 0 spiro atoms. The molecule has 2 saturated carbocycles. The van der Waals surface area contributed by atoms with Gasteiger partial charge >= 0.3 is 5.97 Å². The first-order valence-corrected chi connectivity index (χ1v) is 10.9. The molecule has 2 aliphatic rings. The molecule has 5 heteroatoms. The molecule has 144 valence electrons. The first kappa shape index (κ1) is 19.5. The minimum absolute atomic E-state index is 0.208. The molecule has 0 aromatic carbocycles. The molecule has 3 rings (SSSR count). The van der Waals surface area contributed by atoms with Crippen LogP contribution >= 0.6 is 11.3 Å². The van der Waals surface area contributed by atoms with Crippen LogP contribution in [0, 0.1) is 23.2 Å². The van der Waals surface area contributed by atoms with Gasteiger partial charge in [-0.25, -0.2) is 4.98 Å². The lowest BCUT2D eigenvalue weighted by atomic mass is 9.62. The second kappa shape index (κ2) is 8.20. The van der Waals surface area contributed by atoms with Crippen LogP contribution in [0.1, 0.15) is 83.2 Å². The molecule has 2 fully saturated rings. The van der Waals surface area contributed by atoms with Gasteiger partial charge in [0.05, 0.1) is 0 Å². The minimum atomic E-state index is -0.245. The molecule has 26 heavy (non-hydrogen) atoms. The van der Waals surface area contributed by atoms with Crippen LogP contribution in [0.4, 0.5) is 0 Å². The number of carbonyl (C=O) groups excluding carboxylic acids is 2. The van der Waals surface area contributed by atoms with Crippen molar-refractivity contribution in [2.24, 2.45) is 23.2 Å². The van der Waals surface area contributed by atoms with E-state index in [1.807, 2.05) is 5.38 Å². The quantitative estimate of drug-likeness (QED) is 0.602. The molecule has 2 unspecified atom stereocenters. The van der Waals surface area contributed by atoms with E-state index in [0.29, 0.717) is 23.5 Å². The molecule has 0 radical (unpaired) electrons. The lowest BCUT2D eigenvalue weighted by Crippen LogP contribution is -2.39. The van der Waals surface area contributed by atoms with Crippen LogP contribution in [0.3, 0.4) is 0 Å². The van der Waals surface area contributed by atoms with Gasteiger partial charge in [0.2, 0.25) is 0 Å². The third-order valence-electron chi connectivity index (χ3n) is 6.78. The normalized spacial score (nSPS) is 30.7. The number of rotatable bonds is 7. The number of ketones is 1. The van der Waals surface area contributed by atoms with E-state index in [2.05, 4.69) is 18.8 Å². The number of nitrogens with zero attached hydrogens (tertiary/aromatic N) is 1.